The van der Waals surface area contributed by atoms with Crippen LogP contribution < -0.4 is 21.8 Å². The van der Waals surface area contributed by atoms with Gasteiger partial charge in [-0.15, -0.1) is 0 Å². The van der Waals surface area contributed by atoms with E-state index in [1.165, 1.54) is 4.90 Å². The Morgan fingerprint density at radius 3 is 1.66 bits per heavy atom. The number of carbonyl (C=O) groups excluding carboxylic acids is 2. The number of hydrogen-bond acceptors (Lipinski definition) is 9. The summed E-state index contributed by atoms with van der Waals surface area (Å²) in [7, 11) is 0. The number of aromatic nitrogens is 4. The van der Waals surface area contributed by atoms with Gasteiger partial charge >= 0.3 is 11.9 Å². The van der Waals surface area contributed by atoms with Gasteiger partial charge in [0.2, 0.25) is 11.8 Å². The standard InChI is InChI=1S/C23H21N3O3.C15H13N3O.C8H12O4.CH4/c27-20-14-23(10-3-4-11-23)22(29)26(20)16-7-5-6-15(12-16)13-19-17-8-1-2-9-18(17)21(28)25-24-19;16-11-5-3-4-10(8-11)9-14-12-6-1-2-7-13(12)15(19)18-17-14;9-6(10)5-8(7(11)12)3-1-2-4-8;/h1-2,5-9,12H,3-4,10-11,13-14H2,(H,25,28);1-8H,9,16H2,(H,18,19);1-5H2,(H,9,10)(H,11,12);1H4. The van der Waals surface area contributed by atoms with Crippen LogP contribution in [0.1, 0.15) is 94.1 Å². The average molecular weight is 827 g/mol. The first-order chi connectivity index (χ1) is 28.9. The predicted octanol–water partition coefficient (Wildman–Crippen LogP) is 7.18. The van der Waals surface area contributed by atoms with Gasteiger partial charge < -0.3 is 15.9 Å². The zero-order chi connectivity index (χ0) is 42.4. The van der Waals surface area contributed by atoms with Gasteiger partial charge in [0.1, 0.15) is 0 Å². The number of anilines is 2. The summed E-state index contributed by atoms with van der Waals surface area (Å²) in [6, 6.07) is 30.0. The Bertz CT molecular complexity index is 2710. The number of nitrogens with one attached hydrogen (secondary N) is 2. The van der Waals surface area contributed by atoms with Crippen molar-refractivity contribution in [3.05, 3.63) is 140 Å². The van der Waals surface area contributed by atoms with Crippen LogP contribution in [0.3, 0.4) is 0 Å². The molecule has 6 N–H and O–H groups in total. The number of nitrogen functional groups attached to an aromatic ring is 1. The van der Waals surface area contributed by atoms with Crippen molar-refractivity contribution in [3.8, 4) is 0 Å². The first-order valence-corrected chi connectivity index (χ1v) is 20.1. The van der Waals surface area contributed by atoms with E-state index in [1.54, 1.807) is 12.1 Å². The second kappa shape index (κ2) is 18.5. The number of aliphatic carboxylic acids is 2. The minimum atomic E-state index is -1.01. The zero-order valence-corrected chi connectivity index (χ0v) is 33.0. The van der Waals surface area contributed by atoms with Crippen LogP contribution in [0, 0.1) is 10.8 Å². The van der Waals surface area contributed by atoms with Gasteiger partial charge in [0.05, 0.1) is 45.1 Å². The molecule has 9 rings (SSSR count). The minimum Gasteiger partial charge on any atom is -0.481 e. The fourth-order valence-electron chi connectivity index (χ4n) is 8.81. The number of benzene rings is 4. The van der Waals surface area contributed by atoms with Gasteiger partial charge in [0.15, 0.2) is 0 Å². The van der Waals surface area contributed by atoms with Crippen molar-refractivity contribution in [2.24, 2.45) is 10.8 Å². The molecule has 61 heavy (non-hydrogen) atoms. The van der Waals surface area contributed by atoms with Crippen LogP contribution in [0.25, 0.3) is 21.5 Å². The Morgan fingerprint density at radius 2 is 1.15 bits per heavy atom. The number of carboxylic acid groups (broad SMARTS) is 2. The molecule has 2 aromatic heterocycles. The van der Waals surface area contributed by atoms with Gasteiger partial charge in [-0.1, -0.05) is 93.8 Å². The number of imide groups is 1. The predicted molar refractivity (Wildman–Crippen MR) is 233 cm³/mol. The SMILES string of the molecule is C.Nc1cccc(Cc2n[nH]c(=O)c3ccccc23)c1.O=C(O)CC1(C(=O)O)CCCC1.O=C1CC2(CCCC2)C(=O)N1c1cccc(Cc2n[nH]c(=O)c3ccccc23)c1. The summed E-state index contributed by atoms with van der Waals surface area (Å²) in [5.41, 5.74) is 8.90. The van der Waals surface area contributed by atoms with Crippen LogP contribution in [0.4, 0.5) is 11.4 Å². The fourth-order valence-corrected chi connectivity index (χ4v) is 8.81. The first kappa shape index (κ1) is 43.6. The summed E-state index contributed by atoms with van der Waals surface area (Å²) in [6.45, 7) is 0. The number of carboxylic acids is 2. The Kier molecular flexibility index (Phi) is 13.3. The molecule has 0 radical (unpaired) electrons. The Morgan fingerprint density at radius 1 is 0.656 bits per heavy atom. The average Bonchev–Trinajstić information content (AvgIpc) is 3.97. The lowest BCUT2D eigenvalue weighted by atomic mass is 9.83. The normalized spacial score (nSPS) is 16.1. The summed E-state index contributed by atoms with van der Waals surface area (Å²) in [6.07, 6.45) is 7.54. The maximum absolute atomic E-state index is 13.1. The summed E-state index contributed by atoms with van der Waals surface area (Å²) in [5.74, 6) is -2.13. The highest BCUT2D eigenvalue weighted by atomic mass is 16.4. The molecular formula is C47H50N6O8. The number of nitrogens with zero attached hydrogens (tertiary/aromatic N) is 3. The second-order valence-electron chi connectivity index (χ2n) is 15.9. The lowest BCUT2D eigenvalue weighted by Gasteiger charge is -2.21. The molecule has 0 unspecified atom stereocenters. The molecule has 316 valence electrons. The van der Waals surface area contributed by atoms with Gasteiger partial charge in [-0.2, -0.15) is 10.2 Å². The number of fused-ring (bicyclic) bond motifs is 2. The largest absolute Gasteiger partial charge is 0.481 e. The van der Waals surface area contributed by atoms with Gasteiger partial charge in [0, 0.05) is 35.7 Å². The smallest absolute Gasteiger partial charge is 0.310 e. The quantitative estimate of drug-likeness (QED) is 0.0763. The maximum atomic E-state index is 13.1. The van der Waals surface area contributed by atoms with Crippen LogP contribution in [0.15, 0.2) is 107 Å². The third-order valence-electron chi connectivity index (χ3n) is 11.9. The van der Waals surface area contributed by atoms with Crippen molar-refractivity contribution in [1.29, 1.82) is 0 Å². The lowest BCUT2D eigenvalue weighted by molar-refractivity contribution is -0.155. The second-order valence-corrected chi connectivity index (χ2v) is 15.9. The van der Waals surface area contributed by atoms with Crippen molar-refractivity contribution < 1.29 is 29.4 Å². The molecule has 14 nitrogen and oxygen atoms in total. The van der Waals surface area contributed by atoms with Gasteiger partial charge in [-0.25, -0.2) is 10.2 Å². The number of H-pyrrole nitrogens is 2. The van der Waals surface area contributed by atoms with Crippen molar-refractivity contribution in [2.45, 2.75) is 84.5 Å². The number of nitrogens with two attached hydrogens (primary N) is 1. The number of aromatic amines is 2. The van der Waals surface area contributed by atoms with Crippen LogP contribution >= 0.6 is 0 Å². The van der Waals surface area contributed by atoms with Gasteiger partial charge in [-0.05, 0) is 73.2 Å². The molecule has 1 aliphatic heterocycles. The highest BCUT2D eigenvalue weighted by Gasteiger charge is 2.53. The van der Waals surface area contributed by atoms with E-state index >= 15 is 0 Å². The molecule has 1 spiro atoms. The van der Waals surface area contributed by atoms with Crippen molar-refractivity contribution in [3.63, 3.8) is 0 Å². The Balaban J connectivity index is 0.000000167. The summed E-state index contributed by atoms with van der Waals surface area (Å²) in [5, 5.41) is 33.8. The third kappa shape index (κ3) is 9.43. The molecule has 2 saturated carbocycles. The molecule has 3 aliphatic rings. The molecule has 6 aromatic rings. The number of rotatable bonds is 8. The molecule has 3 heterocycles. The van der Waals surface area contributed by atoms with E-state index in [-0.39, 0.29) is 36.8 Å². The summed E-state index contributed by atoms with van der Waals surface area (Å²) < 4.78 is 0. The van der Waals surface area contributed by atoms with Gasteiger partial charge in [-0.3, -0.25) is 33.7 Å². The van der Waals surface area contributed by atoms with Gasteiger partial charge in [0.25, 0.3) is 11.1 Å². The monoisotopic (exact) mass is 826 g/mol. The number of amides is 2. The molecular weight excluding hydrogens is 777 g/mol. The molecule has 2 amide bonds. The molecule has 4 aromatic carbocycles. The van der Waals surface area contributed by atoms with E-state index in [0.29, 0.717) is 48.6 Å². The summed E-state index contributed by atoms with van der Waals surface area (Å²) in [4.78, 5) is 72.0. The Hall–Kier alpha value is -6.96. The molecule has 1 saturated heterocycles. The van der Waals surface area contributed by atoms with Crippen LogP contribution in [0.5, 0.6) is 0 Å². The third-order valence-corrected chi connectivity index (χ3v) is 11.9. The van der Waals surface area contributed by atoms with E-state index < -0.39 is 22.8 Å². The Labute approximate surface area is 351 Å². The van der Waals surface area contributed by atoms with E-state index in [1.807, 2.05) is 84.9 Å². The van der Waals surface area contributed by atoms with Crippen molar-refractivity contribution >= 4 is 56.7 Å². The molecule has 14 heteroatoms. The van der Waals surface area contributed by atoms with E-state index in [4.69, 9.17) is 15.9 Å². The highest BCUT2D eigenvalue weighted by Crippen LogP contribution is 2.48. The number of carbonyl (C=O) groups is 4. The van der Waals surface area contributed by atoms with E-state index in [2.05, 4.69) is 20.4 Å². The molecule has 3 fully saturated rings. The zero-order valence-electron chi connectivity index (χ0n) is 33.0. The highest BCUT2D eigenvalue weighted by molar-refractivity contribution is 6.22. The number of hydrogen-bond donors (Lipinski definition) is 5. The fraction of sp³-hybridized carbons (Fsp3) is 0.319. The van der Waals surface area contributed by atoms with Crippen LogP contribution in [-0.2, 0) is 32.0 Å². The minimum absolute atomic E-state index is 0. The summed E-state index contributed by atoms with van der Waals surface area (Å²) >= 11 is 0. The van der Waals surface area contributed by atoms with Crippen LogP contribution in [0.2, 0.25) is 0 Å². The maximum Gasteiger partial charge on any atom is 0.310 e. The van der Waals surface area contributed by atoms with E-state index in [0.717, 1.165) is 77.5 Å². The van der Waals surface area contributed by atoms with Crippen LogP contribution in [-0.4, -0.2) is 54.4 Å². The lowest BCUT2D eigenvalue weighted by Crippen LogP contribution is -2.34. The van der Waals surface area contributed by atoms with Crippen molar-refractivity contribution in [1.82, 2.24) is 20.4 Å². The molecule has 0 atom stereocenters. The van der Waals surface area contributed by atoms with Crippen molar-refractivity contribution in [2.75, 3.05) is 10.6 Å². The topological polar surface area (TPSA) is 229 Å². The molecule has 2 aliphatic carbocycles. The molecule has 0 bridgehead atoms. The first-order valence-electron chi connectivity index (χ1n) is 20.1. The van der Waals surface area contributed by atoms with E-state index in [9.17, 15) is 28.8 Å².